The van der Waals surface area contributed by atoms with Crippen molar-refractivity contribution in [3.63, 3.8) is 0 Å². The molecule has 1 aliphatic heterocycles. The highest BCUT2D eigenvalue weighted by Gasteiger charge is 2.24. The van der Waals surface area contributed by atoms with Crippen molar-refractivity contribution >= 4 is 0 Å². The van der Waals surface area contributed by atoms with E-state index in [2.05, 4.69) is 34.5 Å². The minimum absolute atomic E-state index is 0.461. The molecule has 1 aromatic rings. The summed E-state index contributed by atoms with van der Waals surface area (Å²) in [6.07, 6.45) is 0. The van der Waals surface area contributed by atoms with E-state index in [9.17, 15) is 0 Å². The van der Waals surface area contributed by atoms with E-state index in [0.29, 0.717) is 6.04 Å². The zero-order chi connectivity index (χ0) is 11.4. The second-order valence-corrected chi connectivity index (χ2v) is 4.34. The van der Waals surface area contributed by atoms with Crippen molar-refractivity contribution in [1.29, 1.82) is 0 Å². The van der Waals surface area contributed by atoms with Gasteiger partial charge in [0.2, 0.25) is 0 Å². The monoisotopic (exact) mass is 220 g/mol. The first-order valence-corrected chi connectivity index (χ1v) is 5.79. The van der Waals surface area contributed by atoms with Crippen LogP contribution in [0.3, 0.4) is 0 Å². The van der Waals surface area contributed by atoms with E-state index in [4.69, 9.17) is 4.74 Å². The summed E-state index contributed by atoms with van der Waals surface area (Å²) in [6, 6.07) is 9.14. The van der Waals surface area contributed by atoms with E-state index in [1.165, 1.54) is 11.1 Å². The van der Waals surface area contributed by atoms with Gasteiger partial charge in [-0.2, -0.15) is 0 Å². The number of rotatable bonds is 5. The minimum Gasteiger partial charge on any atom is -0.383 e. The quantitative estimate of drug-likeness (QED) is 0.808. The molecule has 1 atom stereocenters. The molecule has 0 aromatic heterocycles. The van der Waals surface area contributed by atoms with Crippen LogP contribution in [0.4, 0.5) is 0 Å². The van der Waals surface area contributed by atoms with E-state index in [-0.39, 0.29) is 0 Å². The van der Waals surface area contributed by atoms with Gasteiger partial charge in [-0.3, -0.25) is 4.90 Å². The van der Waals surface area contributed by atoms with Gasteiger partial charge in [0, 0.05) is 32.8 Å². The van der Waals surface area contributed by atoms with E-state index in [1.807, 2.05) is 7.05 Å². The highest BCUT2D eigenvalue weighted by molar-refractivity contribution is 5.30. The standard InChI is InChI=1S/C13H20N2O/c1-14-7-13(10-16-2)15-8-11-5-3-4-6-12(11)9-15/h3-6,13-14H,7-10H2,1-2H3. The fraction of sp³-hybridized carbons (Fsp3) is 0.538. The maximum atomic E-state index is 5.29. The van der Waals surface area contributed by atoms with Gasteiger partial charge in [0.25, 0.3) is 0 Å². The van der Waals surface area contributed by atoms with Gasteiger partial charge in [-0.05, 0) is 18.2 Å². The van der Waals surface area contributed by atoms with Crippen LogP contribution in [-0.2, 0) is 17.8 Å². The normalized spacial score (nSPS) is 17.4. The van der Waals surface area contributed by atoms with Crippen LogP contribution in [0.25, 0.3) is 0 Å². The van der Waals surface area contributed by atoms with Crippen molar-refractivity contribution in [3.8, 4) is 0 Å². The molecule has 0 saturated carbocycles. The molecule has 1 aliphatic rings. The summed E-state index contributed by atoms with van der Waals surface area (Å²) < 4.78 is 5.29. The summed E-state index contributed by atoms with van der Waals surface area (Å²) in [5.41, 5.74) is 2.92. The smallest absolute Gasteiger partial charge is 0.0630 e. The van der Waals surface area contributed by atoms with Crippen molar-refractivity contribution in [3.05, 3.63) is 35.4 Å². The van der Waals surface area contributed by atoms with Crippen LogP contribution in [0, 0.1) is 0 Å². The van der Waals surface area contributed by atoms with E-state index >= 15 is 0 Å². The Kier molecular flexibility index (Phi) is 3.93. The van der Waals surface area contributed by atoms with Crippen LogP contribution >= 0.6 is 0 Å². The van der Waals surface area contributed by atoms with Crippen molar-refractivity contribution in [2.24, 2.45) is 0 Å². The fourth-order valence-electron chi connectivity index (χ4n) is 2.34. The van der Waals surface area contributed by atoms with Gasteiger partial charge in [0.15, 0.2) is 0 Å². The fourth-order valence-corrected chi connectivity index (χ4v) is 2.34. The third kappa shape index (κ3) is 2.43. The average Bonchev–Trinajstić information content (AvgIpc) is 2.72. The average molecular weight is 220 g/mol. The third-order valence-corrected chi connectivity index (χ3v) is 3.18. The molecule has 3 heteroatoms. The van der Waals surface area contributed by atoms with Crippen molar-refractivity contribution in [1.82, 2.24) is 10.2 Å². The molecule has 88 valence electrons. The number of benzene rings is 1. The molecule has 0 fully saturated rings. The maximum Gasteiger partial charge on any atom is 0.0630 e. The lowest BCUT2D eigenvalue weighted by molar-refractivity contribution is 0.0887. The van der Waals surface area contributed by atoms with Crippen LogP contribution in [0.5, 0.6) is 0 Å². The number of ether oxygens (including phenoxy) is 1. The van der Waals surface area contributed by atoms with Crippen LogP contribution in [0.2, 0.25) is 0 Å². The van der Waals surface area contributed by atoms with E-state index in [0.717, 1.165) is 26.2 Å². The van der Waals surface area contributed by atoms with Crippen LogP contribution in [0.1, 0.15) is 11.1 Å². The molecule has 1 unspecified atom stereocenters. The van der Waals surface area contributed by atoms with Gasteiger partial charge in [0.1, 0.15) is 0 Å². The van der Waals surface area contributed by atoms with Crippen molar-refractivity contribution < 1.29 is 4.74 Å². The number of nitrogens with one attached hydrogen (secondary N) is 1. The predicted octanol–water partition coefficient (Wildman–Crippen LogP) is 1.24. The Labute approximate surface area is 97.4 Å². The SMILES string of the molecule is CNCC(COC)N1Cc2ccccc2C1. The predicted molar refractivity (Wildman–Crippen MR) is 65.3 cm³/mol. The zero-order valence-electron chi connectivity index (χ0n) is 10.1. The molecule has 0 amide bonds. The van der Waals surface area contributed by atoms with Gasteiger partial charge in [0.05, 0.1) is 6.61 Å². The minimum atomic E-state index is 0.461. The number of likely N-dealkylation sites (N-methyl/N-ethyl adjacent to an activating group) is 1. The van der Waals surface area contributed by atoms with E-state index in [1.54, 1.807) is 7.11 Å². The largest absolute Gasteiger partial charge is 0.383 e. The Morgan fingerprint density at radius 2 is 1.94 bits per heavy atom. The molecule has 2 rings (SSSR count). The molecular weight excluding hydrogens is 200 g/mol. The van der Waals surface area contributed by atoms with Crippen molar-refractivity contribution in [2.45, 2.75) is 19.1 Å². The number of nitrogens with zero attached hydrogens (tertiary/aromatic N) is 1. The molecule has 1 N–H and O–H groups in total. The summed E-state index contributed by atoms with van der Waals surface area (Å²) in [7, 11) is 3.76. The number of methoxy groups -OCH3 is 1. The number of hydrogen-bond donors (Lipinski definition) is 1. The summed E-state index contributed by atoms with van der Waals surface area (Å²) in [5.74, 6) is 0. The Balaban J connectivity index is 2.02. The topological polar surface area (TPSA) is 24.5 Å². The van der Waals surface area contributed by atoms with Crippen molar-refractivity contribution in [2.75, 3.05) is 27.3 Å². The number of hydrogen-bond acceptors (Lipinski definition) is 3. The third-order valence-electron chi connectivity index (χ3n) is 3.18. The first kappa shape index (κ1) is 11.6. The summed E-state index contributed by atoms with van der Waals surface area (Å²) in [5, 5.41) is 3.23. The molecule has 0 saturated heterocycles. The molecule has 1 heterocycles. The first-order chi connectivity index (χ1) is 7.85. The lowest BCUT2D eigenvalue weighted by Gasteiger charge is -2.26. The second kappa shape index (κ2) is 5.43. The second-order valence-electron chi connectivity index (χ2n) is 4.34. The van der Waals surface area contributed by atoms with Gasteiger partial charge >= 0.3 is 0 Å². The lowest BCUT2D eigenvalue weighted by Crippen LogP contribution is -2.41. The van der Waals surface area contributed by atoms with E-state index < -0.39 is 0 Å². The molecule has 16 heavy (non-hydrogen) atoms. The molecule has 0 aliphatic carbocycles. The molecule has 0 spiro atoms. The summed E-state index contributed by atoms with van der Waals surface area (Å²) in [6.45, 7) is 3.86. The Hall–Kier alpha value is -0.900. The number of fused-ring (bicyclic) bond motifs is 1. The molecular formula is C13H20N2O. The van der Waals surface area contributed by atoms with Crippen LogP contribution < -0.4 is 5.32 Å². The van der Waals surface area contributed by atoms with Crippen LogP contribution in [-0.4, -0.2) is 38.3 Å². The summed E-state index contributed by atoms with van der Waals surface area (Å²) >= 11 is 0. The molecule has 0 bridgehead atoms. The molecule has 0 radical (unpaired) electrons. The van der Waals surface area contributed by atoms with Crippen LogP contribution in [0.15, 0.2) is 24.3 Å². The Bertz CT molecular complexity index is 309. The van der Waals surface area contributed by atoms with Gasteiger partial charge in [-0.15, -0.1) is 0 Å². The Morgan fingerprint density at radius 3 is 2.44 bits per heavy atom. The maximum absolute atomic E-state index is 5.29. The molecule has 3 nitrogen and oxygen atoms in total. The highest BCUT2D eigenvalue weighted by atomic mass is 16.5. The first-order valence-electron chi connectivity index (χ1n) is 5.79. The Morgan fingerprint density at radius 1 is 1.31 bits per heavy atom. The lowest BCUT2D eigenvalue weighted by atomic mass is 10.1. The van der Waals surface area contributed by atoms with Gasteiger partial charge < -0.3 is 10.1 Å². The summed E-state index contributed by atoms with van der Waals surface area (Å²) in [4.78, 5) is 2.48. The van der Waals surface area contributed by atoms with Gasteiger partial charge in [-0.25, -0.2) is 0 Å². The molecule has 1 aromatic carbocycles. The van der Waals surface area contributed by atoms with Gasteiger partial charge in [-0.1, -0.05) is 24.3 Å². The zero-order valence-corrected chi connectivity index (χ0v) is 10.1. The highest BCUT2D eigenvalue weighted by Crippen LogP contribution is 2.23.